The van der Waals surface area contributed by atoms with Crippen LogP contribution in [0.3, 0.4) is 0 Å². The van der Waals surface area contributed by atoms with Crippen molar-refractivity contribution in [2.24, 2.45) is 0 Å². The smallest absolute Gasteiger partial charge is 0.350 e. The van der Waals surface area contributed by atoms with E-state index in [1.54, 1.807) is 0 Å². The Morgan fingerprint density at radius 1 is 1.60 bits per heavy atom. The highest BCUT2D eigenvalue weighted by Gasteiger charge is 2.54. The van der Waals surface area contributed by atoms with Gasteiger partial charge in [-0.25, -0.2) is 4.79 Å². The van der Waals surface area contributed by atoms with Crippen LogP contribution in [0.4, 0.5) is 0 Å². The number of carbonyl (C=O) groups is 2. The van der Waals surface area contributed by atoms with Gasteiger partial charge < -0.3 is 9.47 Å². The van der Waals surface area contributed by atoms with E-state index in [0.717, 1.165) is 0 Å². The third kappa shape index (κ3) is 0.964. The molecule has 1 aliphatic rings. The number of carbonyl (C=O) groups excluding carboxylic acids is 2. The molecule has 1 rings (SSSR count). The maximum Gasteiger partial charge on any atom is 0.350 e. The first-order valence-electron chi connectivity index (χ1n) is 2.95. The molecule has 0 spiro atoms. The third-order valence-electron chi connectivity index (χ3n) is 1.54. The highest BCUT2D eigenvalue weighted by molar-refractivity contribution is 5.83. The van der Waals surface area contributed by atoms with E-state index in [4.69, 9.17) is 0 Å². The largest absolute Gasteiger partial charge is 0.466 e. The number of rotatable bonds is 3. The summed E-state index contributed by atoms with van der Waals surface area (Å²) < 4.78 is 8.95. The molecule has 0 atom stereocenters. The summed E-state index contributed by atoms with van der Waals surface area (Å²) >= 11 is 0. The molecule has 56 valence electrons. The summed E-state index contributed by atoms with van der Waals surface area (Å²) in [5.74, 6) is -0.459. The van der Waals surface area contributed by atoms with Gasteiger partial charge in [0, 0.05) is 12.8 Å². The fourth-order valence-electron chi connectivity index (χ4n) is 0.762. The second-order valence-corrected chi connectivity index (χ2v) is 2.20. The zero-order valence-corrected chi connectivity index (χ0v) is 5.62. The SMILES string of the molecule is COC(=O)C1(OC=O)CC1. The Kier molecular flexibility index (Phi) is 1.61. The third-order valence-corrected chi connectivity index (χ3v) is 1.54. The summed E-state index contributed by atoms with van der Waals surface area (Å²) in [4.78, 5) is 20.6. The standard InChI is InChI=1S/C6H8O4/c1-9-5(8)6(2-3-6)10-4-7/h4H,2-3H2,1H3. The molecular formula is C6H8O4. The van der Waals surface area contributed by atoms with Crippen molar-refractivity contribution in [2.75, 3.05) is 7.11 Å². The molecule has 4 nitrogen and oxygen atoms in total. The fraction of sp³-hybridized carbons (Fsp3) is 0.667. The molecule has 0 radical (unpaired) electrons. The van der Waals surface area contributed by atoms with Crippen LogP contribution in [-0.2, 0) is 19.1 Å². The molecule has 0 N–H and O–H groups in total. The van der Waals surface area contributed by atoms with Gasteiger partial charge in [0.25, 0.3) is 6.47 Å². The highest BCUT2D eigenvalue weighted by atomic mass is 16.6. The quantitative estimate of drug-likeness (QED) is 0.409. The predicted molar refractivity (Wildman–Crippen MR) is 31.1 cm³/mol. The van der Waals surface area contributed by atoms with Gasteiger partial charge in [-0.1, -0.05) is 0 Å². The normalized spacial score (nSPS) is 19.3. The summed E-state index contributed by atoms with van der Waals surface area (Å²) in [6.07, 6.45) is 1.16. The molecule has 0 aromatic carbocycles. The highest BCUT2D eigenvalue weighted by Crippen LogP contribution is 2.39. The lowest BCUT2D eigenvalue weighted by Gasteiger charge is -2.08. The van der Waals surface area contributed by atoms with Crippen molar-refractivity contribution >= 4 is 12.4 Å². The van der Waals surface area contributed by atoms with Crippen LogP contribution in [0, 0.1) is 0 Å². The number of methoxy groups -OCH3 is 1. The molecule has 0 heterocycles. The summed E-state index contributed by atoms with van der Waals surface area (Å²) in [7, 11) is 1.27. The van der Waals surface area contributed by atoms with Crippen molar-refractivity contribution in [2.45, 2.75) is 18.4 Å². The average Bonchev–Trinajstić information content (AvgIpc) is 2.69. The molecule has 1 aliphatic carbocycles. The van der Waals surface area contributed by atoms with E-state index in [2.05, 4.69) is 9.47 Å². The minimum absolute atomic E-state index is 0.282. The van der Waals surface area contributed by atoms with Crippen molar-refractivity contribution < 1.29 is 19.1 Å². The predicted octanol–water partition coefficient (Wildman–Crippen LogP) is -0.135. The zero-order valence-electron chi connectivity index (χ0n) is 5.62. The van der Waals surface area contributed by atoms with Crippen LogP contribution in [-0.4, -0.2) is 25.2 Å². The molecular weight excluding hydrogens is 136 g/mol. The van der Waals surface area contributed by atoms with Gasteiger partial charge in [-0.05, 0) is 0 Å². The molecule has 0 aliphatic heterocycles. The van der Waals surface area contributed by atoms with E-state index in [-0.39, 0.29) is 6.47 Å². The number of hydrogen-bond donors (Lipinski definition) is 0. The number of esters is 1. The second-order valence-electron chi connectivity index (χ2n) is 2.20. The summed E-state index contributed by atoms with van der Waals surface area (Å²) in [6, 6.07) is 0. The number of hydrogen-bond acceptors (Lipinski definition) is 4. The van der Waals surface area contributed by atoms with Gasteiger partial charge in [-0.2, -0.15) is 0 Å². The molecule has 0 unspecified atom stereocenters. The molecule has 1 fully saturated rings. The van der Waals surface area contributed by atoms with Crippen molar-refractivity contribution in [3.8, 4) is 0 Å². The van der Waals surface area contributed by atoms with E-state index >= 15 is 0 Å². The van der Waals surface area contributed by atoms with Crippen LogP contribution in [0.15, 0.2) is 0 Å². The van der Waals surface area contributed by atoms with E-state index in [1.165, 1.54) is 7.11 Å². The van der Waals surface area contributed by atoms with Gasteiger partial charge in [-0.15, -0.1) is 0 Å². The minimum Gasteiger partial charge on any atom is -0.466 e. The summed E-state index contributed by atoms with van der Waals surface area (Å²) in [5.41, 5.74) is -0.920. The Hall–Kier alpha value is -1.06. The molecule has 1 saturated carbocycles. The Bertz CT molecular complexity index is 159. The Morgan fingerprint density at radius 3 is 2.50 bits per heavy atom. The van der Waals surface area contributed by atoms with Crippen molar-refractivity contribution in [1.29, 1.82) is 0 Å². The second kappa shape index (κ2) is 2.28. The van der Waals surface area contributed by atoms with Gasteiger partial charge in [0.2, 0.25) is 5.60 Å². The maximum absolute atomic E-state index is 10.8. The van der Waals surface area contributed by atoms with Gasteiger partial charge in [0.15, 0.2) is 0 Å². The van der Waals surface area contributed by atoms with Gasteiger partial charge in [0.05, 0.1) is 7.11 Å². The molecule has 4 heteroatoms. The fourth-order valence-corrected chi connectivity index (χ4v) is 0.762. The van der Waals surface area contributed by atoms with Crippen LogP contribution in [0.1, 0.15) is 12.8 Å². The lowest BCUT2D eigenvalue weighted by atomic mass is 10.3. The van der Waals surface area contributed by atoms with Crippen LogP contribution in [0.5, 0.6) is 0 Å². The van der Waals surface area contributed by atoms with Crippen molar-refractivity contribution in [3.63, 3.8) is 0 Å². The van der Waals surface area contributed by atoms with Gasteiger partial charge in [0.1, 0.15) is 0 Å². The Labute approximate surface area is 58.1 Å². The van der Waals surface area contributed by atoms with E-state index in [1.807, 2.05) is 0 Å². The molecule has 0 aromatic rings. The van der Waals surface area contributed by atoms with E-state index < -0.39 is 11.6 Å². The molecule has 0 saturated heterocycles. The monoisotopic (exact) mass is 144 g/mol. The lowest BCUT2D eigenvalue weighted by Crippen LogP contribution is -2.26. The van der Waals surface area contributed by atoms with E-state index in [0.29, 0.717) is 12.8 Å². The minimum atomic E-state index is -0.920. The topological polar surface area (TPSA) is 52.6 Å². The van der Waals surface area contributed by atoms with Crippen LogP contribution in [0.25, 0.3) is 0 Å². The maximum atomic E-state index is 10.8. The Morgan fingerprint density at radius 2 is 2.20 bits per heavy atom. The number of ether oxygens (including phenoxy) is 2. The lowest BCUT2D eigenvalue weighted by molar-refractivity contribution is -0.162. The van der Waals surface area contributed by atoms with Crippen molar-refractivity contribution in [1.82, 2.24) is 0 Å². The van der Waals surface area contributed by atoms with Gasteiger partial charge >= 0.3 is 5.97 Å². The first-order chi connectivity index (χ1) is 4.75. The first kappa shape index (κ1) is 7.05. The molecule has 10 heavy (non-hydrogen) atoms. The summed E-state index contributed by atoms with van der Waals surface area (Å²) in [5, 5.41) is 0. The Balaban J connectivity index is 2.51. The molecule has 0 aromatic heterocycles. The first-order valence-corrected chi connectivity index (χ1v) is 2.95. The van der Waals surface area contributed by atoms with Crippen LogP contribution < -0.4 is 0 Å². The summed E-state index contributed by atoms with van der Waals surface area (Å²) in [6.45, 7) is 0.282. The molecule has 0 bridgehead atoms. The zero-order chi connectivity index (χ0) is 7.61. The van der Waals surface area contributed by atoms with Gasteiger partial charge in [-0.3, -0.25) is 4.79 Å². The van der Waals surface area contributed by atoms with Crippen LogP contribution >= 0.6 is 0 Å². The van der Waals surface area contributed by atoms with Crippen molar-refractivity contribution in [3.05, 3.63) is 0 Å². The van der Waals surface area contributed by atoms with Crippen LogP contribution in [0.2, 0.25) is 0 Å². The average molecular weight is 144 g/mol. The molecule has 0 amide bonds. The van der Waals surface area contributed by atoms with E-state index in [9.17, 15) is 9.59 Å².